The molecule has 8 heteroatoms. The van der Waals surface area contributed by atoms with Gasteiger partial charge in [-0.3, -0.25) is 18.7 Å². The number of aromatic nitrogens is 2. The Morgan fingerprint density at radius 3 is 2.39 bits per heavy atom. The fourth-order valence-electron chi connectivity index (χ4n) is 3.64. The Balaban J connectivity index is 1.81. The predicted molar refractivity (Wildman–Crippen MR) is 130 cm³/mol. The van der Waals surface area contributed by atoms with E-state index in [0.717, 1.165) is 10.1 Å². The Labute approximate surface area is 199 Å². The van der Waals surface area contributed by atoms with E-state index in [1.54, 1.807) is 24.3 Å². The van der Waals surface area contributed by atoms with Crippen LogP contribution in [0.5, 0.6) is 5.75 Å². The maximum absolute atomic E-state index is 13.4. The second-order valence-electron chi connectivity index (χ2n) is 7.41. The molecule has 168 valence electrons. The number of fused-ring (bicyclic) bond motifs is 1. The summed E-state index contributed by atoms with van der Waals surface area (Å²) >= 11 is 12.4. The van der Waals surface area contributed by atoms with Gasteiger partial charge in [-0.05, 0) is 48.9 Å². The van der Waals surface area contributed by atoms with Crippen LogP contribution in [0.2, 0.25) is 10.0 Å². The van der Waals surface area contributed by atoms with Crippen molar-refractivity contribution in [3.05, 3.63) is 109 Å². The summed E-state index contributed by atoms with van der Waals surface area (Å²) in [5.41, 5.74) is 0.412. The molecule has 0 spiro atoms. The molecule has 0 unspecified atom stereocenters. The highest BCUT2D eigenvalue weighted by Gasteiger charge is 2.18. The smallest absolute Gasteiger partial charge is 0.332 e. The van der Waals surface area contributed by atoms with E-state index >= 15 is 0 Å². The van der Waals surface area contributed by atoms with Crippen LogP contribution in [0.1, 0.15) is 22.8 Å². The molecular weight excluding hydrogens is 463 g/mol. The lowest BCUT2D eigenvalue weighted by atomic mass is 10.1. The Kier molecular flexibility index (Phi) is 6.67. The first-order valence-corrected chi connectivity index (χ1v) is 11.1. The Hall–Kier alpha value is -3.35. The van der Waals surface area contributed by atoms with Crippen molar-refractivity contribution in [2.24, 2.45) is 0 Å². The zero-order valence-electron chi connectivity index (χ0n) is 17.8. The van der Waals surface area contributed by atoms with Gasteiger partial charge in [-0.2, -0.15) is 0 Å². The summed E-state index contributed by atoms with van der Waals surface area (Å²) in [5.74, 6) is 0.146. The normalized spacial score (nSPS) is 11.0. The van der Waals surface area contributed by atoms with Crippen molar-refractivity contribution in [3.8, 4) is 5.75 Å². The number of nitrogens with zero attached hydrogens (tertiary/aromatic N) is 2. The molecule has 0 bridgehead atoms. The summed E-state index contributed by atoms with van der Waals surface area (Å²) in [6.45, 7) is 2.09. The number of halogens is 2. The lowest BCUT2D eigenvalue weighted by Gasteiger charge is -2.14. The van der Waals surface area contributed by atoms with Crippen molar-refractivity contribution in [3.63, 3.8) is 0 Å². The van der Waals surface area contributed by atoms with Crippen LogP contribution in [0.15, 0.2) is 76.3 Å². The van der Waals surface area contributed by atoms with Crippen molar-refractivity contribution in [1.82, 2.24) is 9.13 Å². The molecule has 0 saturated heterocycles. The molecule has 33 heavy (non-hydrogen) atoms. The van der Waals surface area contributed by atoms with Gasteiger partial charge in [0.05, 0.1) is 35.6 Å². The van der Waals surface area contributed by atoms with Gasteiger partial charge in [-0.1, -0.05) is 53.5 Å². The summed E-state index contributed by atoms with van der Waals surface area (Å²) < 4.78 is 7.83. The monoisotopic (exact) mass is 482 g/mol. The van der Waals surface area contributed by atoms with Gasteiger partial charge < -0.3 is 4.74 Å². The quantitative estimate of drug-likeness (QED) is 0.354. The molecule has 0 saturated carbocycles. The van der Waals surface area contributed by atoms with Crippen molar-refractivity contribution in [2.45, 2.75) is 20.0 Å². The summed E-state index contributed by atoms with van der Waals surface area (Å²) in [5, 5.41) is 0.928. The molecule has 3 aromatic carbocycles. The molecule has 6 nitrogen and oxygen atoms in total. The molecule has 0 amide bonds. The van der Waals surface area contributed by atoms with E-state index in [-0.39, 0.29) is 24.3 Å². The third-order valence-electron chi connectivity index (χ3n) is 5.23. The number of hydrogen-bond donors (Lipinski definition) is 0. The van der Waals surface area contributed by atoms with Crippen LogP contribution in [0.25, 0.3) is 10.9 Å². The minimum absolute atomic E-state index is 0.0734. The van der Waals surface area contributed by atoms with E-state index < -0.39 is 11.2 Å². The second-order valence-corrected chi connectivity index (χ2v) is 8.25. The maximum atomic E-state index is 13.4. The zero-order valence-corrected chi connectivity index (χ0v) is 19.3. The standard InChI is InChI=1S/C25H20Cl2N2O4/c1-2-33-23-11-8-17(12-20(23)27)22(30)15-28-21-10-9-18(26)13-19(21)24(31)29(25(28)32)14-16-6-4-3-5-7-16/h3-13H,2,14-15H2,1H3. The van der Waals surface area contributed by atoms with Crippen molar-refractivity contribution in [1.29, 1.82) is 0 Å². The van der Waals surface area contributed by atoms with Gasteiger partial charge in [0.2, 0.25) is 0 Å². The first kappa shape index (κ1) is 22.8. The summed E-state index contributed by atoms with van der Waals surface area (Å²) in [6, 6.07) is 18.6. The van der Waals surface area contributed by atoms with Crippen LogP contribution < -0.4 is 16.0 Å². The fourth-order valence-corrected chi connectivity index (χ4v) is 4.04. The van der Waals surface area contributed by atoms with Gasteiger partial charge in [0.25, 0.3) is 5.56 Å². The number of carbonyl (C=O) groups is 1. The highest BCUT2D eigenvalue weighted by molar-refractivity contribution is 6.32. The molecule has 0 N–H and O–H groups in total. The minimum Gasteiger partial charge on any atom is -0.492 e. The van der Waals surface area contributed by atoms with Crippen LogP contribution in [-0.2, 0) is 13.1 Å². The highest BCUT2D eigenvalue weighted by Crippen LogP contribution is 2.26. The summed E-state index contributed by atoms with van der Waals surface area (Å²) in [7, 11) is 0. The highest BCUT2D eigenvalue weighted by atomic mass is 35.5. The molecule has 0 fully saturated rings. The number of ketones is 1. The van der Waals surface area contributed by atoms with E-state index in [9.17, 15) is 14.4 Å². The zero-order chi connectivity index (χ0) is 23.5. The van der Waals surface area contributed by atoms with Crippen LogP contribution in [0.3, 0.4) is 0 Å². The molecule has 0 atom stereocenters. The van der Waals surface area contributed by atoms with Gasteiger partial charge in [-0.15, -0.1) is 0 Å². The molecule has 0 radical (unpaired) electrons. The fraction of sp³-hybridized carbons (Fsp3) is 0.160. The molecule has 0 aliphatic rings. The maximum Gasteiger partial charge on any atom is 0.332 e. The van der Waals surface area contributed by atoms with Crippen molar-refractivity contribution in [2.75, 3.05) is 6.61 Å². The SMILES string of the molecule is CCOc1ccc(C(=O)Cn2c(=O)n(Cc3ccccc3)c(=O)c3cc(Cl)ccc32)cc1Cl. The van der Waals surface area contributed by atoms with Gasteiger partial charge in [0, 0.05) is 10.6 Å². The minimum atomic E-state index is -0.580. The van der Waals surface area contributed by atoms with Gasteiger partial charge in [0.1, 0.15) is 5.75 Å². The number of benzene rings is 3. The van der Waals surface area contributed by atoms with Gasteiger partial charge in [0.15, 0.2) is 5.78 Å². The lowest BCUT2D eigenvalue weighted by molar-refractivity contribution is 0.0971. The van der Waals surface area contributed by atoms with E-state index in [2.05, 4.69) is 0 Å². The van der Waals surface area contributed by atoms with Crippen LogP contribution >= 0.6 is 23.2 Å². The number of ether oxygens (including phenoxy) is 1. The number of Topliss-reactive ketones (excluding diaryl/α,β-unsaturated/α-hetero) is 1. The molecule has 4 aromatic rings. The molecule has 4 rings (SSSR count). The molecule has 1 heterocycles. The predicted octanol–water partition coefficient (Wildman–Crippen LogP) is 4.80. The summed E-state index contributed by atoms with van der Waals surface area (Å²) in [4.78, 5) is 39.6. The lowest BCUT2D eigenvalue weighted by Crippen LogP contribution is -2.41. The number of rotatable bonds is 7. The summed E-state index contributed by atoms with van der Waals surface area (Å²) in [6.07, 6.45) is 0. The van der Waals surface area contributed by atoms with Gasteiger partial charge in [-0.25, -0.2) is 4.79 Å². The van der Waals surface area contributed by atoms with E-state index in [1.165, 1.54) is 16.7 Å². The average molecular weight is 483 g/mol. The van der Waals surface area contributed by atoms with Crippen LogP contribution in [0, 0.1) is 0 Å². The Morgan fingerprint density at radius 1 is 0.939 bits per heavy atom. The van der Waals surface area contributed by atoms with Crippen molar-refractivity contribution >= 4 is 39.9 Å². The second kappa shape index (κ2) is 9.65. The van der Waals surface area contributed by atoms with Crippen LogP contribution in [-0.4, -0.2) is 21.5 Å². The van der Waals surface area contributed by atoms with E-state index in [1.807, 2.05) is 37.3 Å². The van der Waals surface area contributed by atoms with Gasteiger partial charge >= 0.3 is 5.69 Å². The first-order valence-electron chi connectivity index (χ1n) is 10.3. The third kappa shape index (κ3) is 4.72. The first-order chi connectivity index (χ1) is 15.9. The Morgan fingerprint density at radius 2 is 1.70 bits per heavy atom. The Bertz CT molecular complexity index is 1460. The molecular formula is C25H20Cl2N2O4. The topological polar surface area (TPSA) is 70.3 Å². The molecule has 0 aliphatic heterocycles. The average Bonchev–Trinajstić information content (AvgIpc) is 2.81. The van der Waals surface area contributed by atoms with Crippen molar-refractivity contribution < 1.29 is 9.53 Å². The number of carbonyl (C=O) groups excluding carboxylic acids is 1. The van der Waals surface area contributed by atoms with E-state index in [0.29, 0.717) is 33.5 Å². The molecule has 0 aliphatic carbocycles. The largest absolute Gasteiger partial charge is 0.492 e. The number of hydrogen-bond acceptors (Lipinski definition) is 4. The van der Waals surface area contributed by atoms with E-state index in [4.69, 9.17) is 27.9 Å². The molecule has 1 aromatic heterocycles. The third-order valence-corrected chi connectivity index (χ3v) is 5.76. The van der Waals surface area contributed by atoms with Crippen LogP contribution in [0.4, 0.5) is 0 Å².